The molecule has 132 valence electrons. The molecule has 2 bridgehead atoms. The topological polar surface area (TPSA) is 71.8 Å². The fraction of sp³-hybridized carbons (Fsp3) is 0.300. The van der Waals surface area contributed by atoms with Gasteiger partial charge in [-0.25, -0.2) is 0 Å². The normalized spacial score (nSPS) is 31.5. The van der Waals surface area contributed by atoms with Crippen molar-refractivity contribution in [3.63, 3.8) is 0 Å². The number of rotatable bonds is 4. The van der Waals surface area contributed by atoms with Crippen molar-refractivity contribution in [2.75, 3.05) is 11.9 Å². The third-order valence-corrected chi connectivity index (χ3v) is 5.45. The first kappa shape index (κ1) is 15.4. The molecule has 6 nitrogen and oxygen atoms in total. The number of likely N-dealkylation sites (tertiary alicyclic amines) is 1. The van der Waals surface area contributed by atoms with E-state index in [0.717, 1.165) is 11.4 Å². The number of furan rings is 1. The van der Waals surface area contributed by atoms with Crippen molar-refractivity contribution < 1.29 is 18.7 Å². The summed E-state index contributed by atoms with van der Waals surface area (Å²) in [7, 11) is 0. The first-order valence-corrected chi connectivity index (χ1v) is 8.71. The van der Waals surface area contributed by atoms with Gasteiger partial charge in [-0.1, -0.05) is 30.4 Å². The number of nitrogens with one attached hydrogen (secondary N) is 1. The molecule has 6 heteroatoms. The second kappa shape index (κ2) is 5.57. The molecule has 3 aliphatic rings. The maximum absolute atomic E-state index is 13.1. The molecule has 1 aromatic carbocycles. The Labute approximate surface area is 150 Å². The molecule has 2 amide bonds. The predicted octanol–water partition coefficient (Wildman–Crippen LogP) is 2.20. The SMILES string of the molecule is O=C(Nc1ccccc1)[C@@H]1[C@H]2C(=O)N(Cc3ccco3)C[C@@]23C=C[C@H]1O3. The number of ether oxygens (including phenoxy) is 1. The smallest absolute Gasteiger partial charge is 0.231 e. The number of anilines is 1. The van der Waals surface area contributed by atoms with Crippen LogP contribution in [0.2, 0.25) is 0 Å². The highest BCUT2D eigenvalue weighted by molar-refractivity contribution is 5.99. The molecule has 2 aromatic rings. The van der Waals surface area contributed by atoms with E-state index in [4.69, 9.17) is 9.15 Å². The van der Waals surface area contributed by atoms with E-state index in [-0.39, 0.29) is 17.9 Å². The molecule has 1 N–H and O–H groups in total. The van der Waals surface area contributed by atoms with Crippen LogP contribution in [-0.4, -0.2) is 35.0 Å². The summed E-state index contributed by atoms with van der Waals surface area (Å²) < 4.78 is 11.5. The summed E-state index contributed by atoms with van der Waals surface area (Å²) in [6.07, 6.45) is 5.11. The highest BCUT2D eigenvalue weighted by Gasteiger charge is 2.66. The summed E-state index contributed by atoms with van der Waals surface area (Å²) in [6, 6.07) is 12.9. The van der Waals surface area contributed by atoms with Gasteiger partial charge < -0.3 is 19.4 Å². The summed E-state index contributed by atoms with van der Waals surface area (Å²) in [5.41, 5.74) is 0.0173. The molecule has 5 rings (SSSR count). The first-order chi connectivity index (χ1) is 12.7. The van der Waals surface area contributed by atoms with Crippen molar-refractivity contribution in [2.24, 2.45) is 11.8 Å². The summed E-state index contributed by atoms with van der Waals surface area (Å²) >= 11 is 0. The Morgan fingerprint density at radius 2 is 2.08 bits per heavy atom. The summed E-state index contributed by atoms with van der Waals surface area (Å²) in [5.74, 6) is -0.517. The lowest BCUT2D eigenvalue weighted by Crippen LogP contribution is -2.41. The van der Waals surface area contributed by atoms with E-state index in [1.54, 1.807) is 17.2 Å². The molecule has 4 heterocycles. The molecule has 1 aromatic heterocycles. The van der Waals surface area contributed by atoms with Gasteiger partial charge in [0.2, 0.25) is 11.8 Å². The minimum absolute atomic E-state index is 0.0542. The Hall–Kier alpha value is -2.86. The van der Waals surface area contributed by atoms with Crippen LogP contribution in [0.1, 0.15) is 5.76 Å². The number of nitrogens with zero attached hydrogens (tertiary/aromatic N) is 1. The first-order valence-electron chi connectivity index (χ1n) is 8.71. The van der Waals surface area contributed by atoms with Crippen LogP contribution in [0.25, 0.3) is 0 Å². The highest BCUT2D eigenvalue weighted by Crippen LogP contribution is 2.52. The van der Waals surface area contributed by atoms with Crippen molar-refractivity contribution in [2.45, 2.75) is 18.2 Å². The summed E-state index contributed by atoms with van der Waals surface area (Å²) in [5, 5.41) is 2.92. The molecular weight excluding hydrogens is 332 g/mol. The van der Waals surface area contributed by atoms with Crippen molar-refractivity contribution >= 4 is 17.5 Å². The Morgan fingerprint density at radius 1 is 1.23 bits per heavy atom. The van der Waals surface area contributed by atoms with Gasteiger partial charge in [0.15, 0.2) is 0 Å². The van der Waals surface area contributed by atoms with Gasteiger partial charge in [-0.3, -0.25) is 9.59 Å². The molecule has 0 saturated carbocycles. The zero-order chi connectivity index (χ0) is 17.7. The molecular formula is C20H18N2O4. The summed E-state index contributed by atoms with van der Waals surface area (Å²) in [4.78, 5) is 27.7. The van der Waals surface area contributed by atoms with E-state index in [0.29, 0.717) is 13.1 Å². The highest BCUT2D eigenvalue weighted by atomic mass is 16.5. The van der Waals surface area contributed by atoms with Crippen molar-refractivity contribution in [3.8, 4) is 0 Å². The van der Waals surface area contributed by atoms with Crippen LogP contribution in [-0.2, 0) is 20.9 Å². The number of para-hydroxylation sites is 1. The van der Waals surface area contributed by atoms with Gasteiger partial charge >= 0.3 is 0 Å². The summed E-state index contributed by atoms with van der Waals surface area (Å²) in [6.45, 7) is 0.832. The van der Waals surface area contributed by atoms with Crippen molar-refractivity contribution in [1.82, 2.24) is 4.90 Å². The van der Waals surface area contributed by atoms with E-state index in [2.05, 4.69) is 5.32 Å². The second-order valence-electron chi connectivity index (χ2n) is 7.03. The zero-order valence-electron chi connectivity index (χ0n) is 14.0. The lowest BCUT2D eigenvalue weighted by atomic mass is 9.77. The number of carbonyl (C=O) groups excluding carboxylic acids is 2. The average molecular weight is 350 g/mol. The fourth-order valence-corrected chi connectivity index (χ4v) is 4.35. The number of amides is 2. The van der Waals surface area contributed by atoms with Gasteiger partial charge in [-0.05, 0) is 24.3 Å². The quantitative estimate of drug-likeness (QED) is 0.858. The van der Waals surface area contributed by atoms with E-state index >= 15 is 0 Å². The molecule has 0 unspecified atom stereocenters. The van der Waals surface area contributed by atoms with Crippen LogP contribution < -0.4 is 5.32 Å². The zero-order valence-corrected chi connectivity index (χ0v) is 14.0. The Kier molecular flexibility index (Phi) is 3.30. The van der Waals surface area contributed by atoms with E-state index < -0.39 is 17.4 Å². The minimum Gasteiger partial charge on any atom is -0.467 e. The molecule has 0 aliphatic carbocycles. The van der Waals surface area contributed by atoms with Crippen LogP contribution in [0.4, 0.5) is 5.69 Å². The second-order valence-corrected chi connectivity index (χ2v) is 7.03. The van der Waals surface area contributed by atoms with Gasteiger partial charge in [0, 0.05) is 5.69 Å². The number of hydrogen-bond acceptors (Lipinski definition) is 4. The average Bonchev–Trinajstić information content (AvgIpc) is 3.39. The van der Waals surface area contributed by atoms with Gasteiger partial charge in [0.25, 0.3) is 0 Å². The maximum atomic E-state index is 13.1. The fourth-order valence-electron chi connectivity index (χ4n) is 4.35. The van der Waals surface area contributed by atoms with Crippen molar-refractivity contribution in [3.05, 3.63) is 66.6 Å². The molecule has 2 saturated heterocycles. The van der Waals surface area contributed by atoms with Crippen LogP contribution in [0.3, 0.4) is 0 Å². The Morgan fingerprint density at radius 3 is 2.85 bits per heavy atom. The third-order valence-electron chi connectivity index (χ3n) is 5.45. The lowest BCUT2D eigenvalue weighted by Gasteiger charge is -2.23. The van der Waals surface area contributed by atoms with Gasteiger partial charge in [-0.15, -0.1) is 0 Å². The molecule has 2 fully saturated rings. The monoisotopic (exact) mass is 350 g/mol. The molecule has 4 atom stereocenters. The molecule has 26 heavy (non-hydrogen) atoms. The van der Waals surface area contributed by atoms with E-state index in [1.165, 1.54) is 0 Å². The maximum Gasteiger partial charge on any atom is 0.231 e. The van der Waals surface area contributed by atoms with Crippen LogP contribution >= 0.6 is 0 Å². The predicted molar refractivity (Wildman–Crippen MR) is 92.9 cm³/mol. The molecule has 3 aliphatic heterocycles. The van der Waals surface area contributed by atoms with E-state index in [1.807, 2.05) is 48.6 Å². The molecule has 1 spiro atoms. The lowest BCUT2D eigenvalue weighted by molar-refractivity contribution is -0.136. The van der Waals surface area contributed by atoms with E-state index in [9.17, 15) is 9.59 Å². The molecule has 0 radical (unpaired) electrons. The number of fused-ring (bicyclic) bond motifs is 1. The van der Waals surface area contributed by atoms with Crippen LogP contribution in [0.5, 0.6) is 0 Å². The van der Waals surface area contributed by atoms with Crippen LogP contribution in [0, 0.1) is 11.8 Å². The number of carbonyl (C=O) groups is 2. The Bertz CT molecular complexity index is 876. The van der Waals surface area contributed by atoms with Gasteiger partial charge in [-0.2, -0.15) is 0 Å². The third kappa shape index (κ3) is 2.22. The van der Waals surface area contributed by atoms with Gasteiger partial charge in [0.05, 0.1) is 37.3 Å². The number of benzene rings is 1. The number of hydrogen-bond donors (Lipinski definition) is 1. The standard InChI is InChI=1S/C20H18N2O4/c23-18(21-13-5-2-1-3-6-13)16-15-8-9-20(26-15)12-22(19(24)17(16)20)11-14-7-4-10-25-14/h1-10,15-17H,11-12H2,(H,21,23)/t15-,16+,17+,20+/m1/s1. The van der Waals surface area contributed by atoms with Gasteiger partial charge in [0.1, 0.15) is 11.4 Å². The van der Waals surface area contributed by atoms with Crippen molar-refractivity contribution in [1.29, 1.82) is 0 Å². The largest absolute Gasteiger partial charge is 0.467 e. The minimum atomic E-state index is -0.701. The Balaban J connectivity index is 1.40. The van der Waals surface area contributed by atoms with Crippen LogP contribution in [0.15, 0.2) is 65.3 Å².